The van der Waals surface area contributed by atoms with Gasteiger partial charge >= 0.3 is 0 Å². The van der Waals surface area contributed by atoms with Gasteiger partial charge in [-0.05, 0) is 35.4 Å². The number of piperazine rings is 1. The number of carbonyl (C=O) groups is 1. The largest absolute Gasteiger partial charge is 0.341 e. The summed E-state index contributed by atoms with van der Waals surface area (Å²) in [5.74, 6) is 1.37. The zero-order valence-electron chi connectivity index (χ0n) is 20.5. The Labute approximate surface area is 207 Å². The van der Waals surface area contributed by atoms with Gasteiger partial charge in [-0.15, -0.1) is 0 Å². The minimum atomic E-state index is 0.181. The Hall–Kier alpha value is -3.28. The van der Waals surface area contributed by atoms with Crippen molar-refractivity contribution in [1.29, 1.82) is 0 Å². The lowest BCUT2D eigenvalue weighted by Crippen LogP contribution is -2.48. The van der Waals surface area contributed by atoms with Crippen molar-refractivity contribution in [2.75, 3.05) is 26.2 Å². The fourth-order valence-electron chi connectivity index (χ4n) is 5.03. The summed E-state index contributed by atoms with van der Waals surface area (Å²) in [6.07, 6.45) is 4.22. The molecule has 1 aliphatic heterocycles. The van der Waals surface area contributed by atoms with Crippen LogP contribution in [0.15, 0.2) is 79.0 Å². The molecule has 5 rings (SSSR count). The Kier molecular flexibility index (Phi) is 7.36. The van der Waals surface area contributed by atoms with E-state index < -0.39 is 0 Å². The number of aromatic nitrogens is 2. The summed E-state index contributed by atoms with van der Waals surface area (Å²) in [6, 6.07) is 25.9. The van der Waals surface area contributed by atoms with Crippen LogP contribution in [-0.4, -0.2) is 51.7 Å². The standard InChI is InChI=1S/C30H34N4O/c1-2-27(35)13-8-16-33-17-18-34(21-23-9-4-3-5-10-23)29(22-33)30-31-20-28(32-30)26-15-14-24-11-6-7-12-25(24)19-26/h3-7,9-12,14-15,19-20,29H,2,8,13,16-18,21-22H2,1H3,(H,31,32). The van der Waals surface area contributed by atoms with E-state index in [-0.39, 0.29) is 6.04 Å². The Morgan fingerprint density at radius 2 is 1.80 bits per heavy atom. The molecule has 0 amide bonds. The summed E-state index contributed by atoms with van der Waals surface area (Å²) in [4.78, 5) is 25.3. The van der Waals surface area contributed by atoms with Gasteiger partial charge in [0.25, 0.3) is 0 Å². The van der Waals surface area contributed by atoms with Gasteiger partial charge in [-0.25, -0.2) is 4.98 Å². The van der Waals surface area contributed by atoms with E-state index in [1.165, 1.54) is 16.3 Å². The molecule has 1 N–H and O–H groups in total. The predicted octanol–water partition coefficient (Wildman–Crippen LogP) is 5.85. The Morgan fingerprint density at radius 3 is 2.63 bits per heavy atom. The van der Waals surface area contributed by atoms with Crippen LogP contribution in [0.4, 0.5) is 0 Å². The maximum absolute atomic E-state index is 11.8. The van der Waals surface area contributed by atoms with Crippen LogP contribution in [0.2, 0.25) is 0 Å². The molecule has 180 valence electrons. The van der Waals surface area contributed by atoms with Crippen LogP contribution in [0.5, 0.6) is 0 Å². The highest BCUT2D eigenvalue weighted by Crippen LogP contribution is 2.29. The summed E-state index contributed by atoms with van der Waals surface area (Å²) < 4.78 is 0. The number of H-pyrrole nitrogens is 1. The molecule has 1 atom stereocenters. The highest BCUT2D eigenvalue weighted by molar-refractivity contribution is 5.86. The van der Waals surface area contributed by atoms with Crippen molar-refractivity contribution >= 4 is 16.6 Å². The van der Waals surface area contributed by atoms with Gasteiger partial charge in [-0.2, -0.15) is 0 Å². The van der Waals surface area contributed by atoms with Crippen LogP contribution < -0.4 is 0 Å². The second-order valence-electron chi connectivity index (χ2n) is 9.51. The van der Waals surface area contributed by atoms with Crippen molar-refractivity contribution < 1.29 is 4.79 Å². The highest BCUT2D eigenvalue weighted by atomic mass is 16.1. The lowest BCUT2D eigenvalue weighted by Gasteiger charge is -2.40. The van der Waals surface area contributed by atoms with Crippen LogP contribution in [0.1, 0.15) is 43.6 Å². The van der Waals surface area contributed by atoms with Gasteiger partial charge < -0.3 is 9.88 Å². The van der Waals surface area contributed by atoms with Crippen LogP contribution >= 0.6 is 0 Å². The minimum absolute atomic E-state index is 0.181. The molecule has 1 unspecified atom stereocenters. The summed E-state index contributed by atoms with van der Waals surface area (Å²) in [7, 11) is 0. The molecule has 0 saturated carbocycles. The summed E-state index contributed by atoms with van der Waals surface area (Å²) in [6.45, 7) is 6.72. The number of aromatic amines is 1. The van der Waals surface area contributed by atoms with Crippen LogP contribution in [-0.2, 0) is 11.3 Å². The second kappa shape index (κ2) is 11.0. The SMILES string of the molecule is CCC(=O)CCCN1CCN(Cc2ccccc2)C(c2ncc(-c3ccc4ccccc4c3)[nH]2)C1. The average Bonchev–Trinajstić information content (AvgIpc) is 3.40. The third-order valence-electron chi connectivity index (χ3n) is 7.10. The van der Waals surface area contributed by atoms with E-state index in [1.807, 2.05) is 13.1 Å². The number of benzene rings is 3. The van der Waals surface area contributed by atoms with Crippen molar-refractivity contribution in [3.05, 3.63) is 90.4 Å². The maximum Gasteiger partial charge on any atom is 0.132 e. The number of hydrogen-bond donors (Lipinski definition) is 1. The third-order valence-corrected chi connectivity index (χ3v) is 7.10. The molecular weight excluding hydrogens is 432 g/mol. The lowest BCUT2D eigenvalue weighted by molar-refractivity contribution is -0.118. The summed E-state index contributed by atoms with van der Waals surface area (Å²) >= 11 is 0. The quantitative estimate of drug-likeness (QED) is 0.336. The van der Waals surface area contributed by atoms with Crippen molar-refractivity contribution in [2.45, 2.75) is 38.8 Å². The van der Waals surface area contributed by atoms with Gasteiger partial charge in [0.1, 0.15) is 11.6 Å². The number of hydrogen-bond acceptors (Lipinski definition) is 4. The molecule has 0 radical (unpaired) electrons. The first-order valence-electron chi connectivity index (χ1n) is 12.8. The molecule has 0 bridgehead atoms. The van der Waals surface area contributed by atoms with E-state index in [2.05, 4.69) is 87.6 Å². The number of Topliss-reactive ketones (excluding diaryl/α,β-unsaturated/α-hetero) is 1. The number of ketones is 1. The predicted molar refractivity (Wildman–Crippen MR) is 142 cm³/mol. The lowest BCUT2D eigenvalue weighted by atomic mass is 10.1. The van der Waals surface area contributed by atoms with Crippen LogP contribution in [0.25, 0.3) is 22.0 Å². The maximum atomic E-state index is 11.8. The van der Waals surface area contributed by atoms with Crippen LogP contribution in [0, 0.1) is 0 Å². The Balaban J connectivity index is 1.36. The first-order chi connectivity index (χ1) is 17.2. The van der Waals surface area contributed by atoms with Crippen molar-refractivity contribution in [1.82, 2.24) is 19.8 Å². The molecule has 5 nitrogen and oxygen atoms in total. The number of nitrogens with zero attached hydrogens (tertiary/aromatic N) is 3. The van der Waals surface area contributed by atoms with Crippen molar-refractivity contribution in [3.8, 4) is 11.3 Å². The van der Waals surface area contributed by atoms with Gasteiger partial charge in [0.2, 0.25) is 0 Å². The molecule has 1 saturated heterocycles. The van der Waals surface area contributed by atoms with E-state index in [1.54, 1.807) is 0 Å². The molecular formula is C30H34N4O. The van der Waals surface area contributed by atoms with Gasteiger partial charge in [-0.3, -0.25) is 9.69 Å². The van der Waals surface area contributed by atoms with Gasteiger partial charge in [0.05, 0.1) is 17.9 Å². The Morgan fingerprint density at radius 1 is 1.00 bits per heavy atom. The van der Waals surface area contributed by atoms with E-state index in [0.717, 1.165) is 56.2 Å². The van der Waals surface area contributed by atoms with Gasteiger partial charge in [0.15, 0.2) is 0 Å². The minimum Gasteiger partial charge on any atom is -0.341 e. The van der Waals surface area contributed by atoms with Gasteiger partial charge in [0, 0.05) is 44.6 Å². The fourth-order valence-corrected chi connectivity index (χ4v) is 5.03. The normalized spacial score (nSPS) is 17.1. The molecule has 4 aromatic rings. The number of carbonyl (C=O) groups excluding carboxylic acids is 1. The highest BCUT2D eigenvalue weighted by Gasteiger charge is 2.30. The molecule has 3 aromatic carbocycles. The second-order valence-corrected chi connectivity index (χ2v) is 9.51. The number of rotatable bonds is 9. The summed E-state index contributed by atoms with van der Waals surface area (Å²) in [5, 5.41) is 2.48. The average molecular weight is 467 g/mol. The van der Waals surface area contributed by atoms with E-state index in [0.29, 0.717) is 18.6 Å². The molecule has 1 aromatic heterocycles. The Bertz CT molecular complexity index is 1270. The molecule has 5 heteroatoms. The summed E-state index contributed by atoms with van der Waals surface area (Å²) in [5.41, 5.74) is 3.53. The number of nitrogens with one attached hydrogen (secondary N) is 1. The fraction of sp³-hybridized carbons (Fsp3) is 0.333. The van der Waals surface area contributed by atoms with E-state index in [9.17, 15) is 4.79 Å². The first-order valence-corrected chi connectivity index (χ1v) is 12.8. The third kappa shape index (κ3) is 5.69. The molecule has 0 aliphatic carbocycles. The smallest absolute Gasteiger partial charge is 0.132 e. The number of fused-ring (bicyclic) bond motifs is 1. The van der Waals surface area contributed by atoms with Crippen molar-refractivity contribution in [2.24, 2.45) is 0 Å². The zero-order valence-corrected chi connectivity index (χ0v) is 20.5. The topological polar surface area (TPSA) is 52.2 Å². The molecule has 2 heterocycles. The zero-order chi connectivity index (χ0) is 24.0. The molecule has 35 heavy (non-hydrogen) atoms. The van der Waals surface area contributed by atoms with Crippen LogP contribution in [0.3, 0.4) is 0 Å². The molecule has 0 spiro atoms. The molecule has 1 aliphatic rings. The first kappa shape index (κ1) is 23.5. The van der Waals surface area contributed by atoms with Crippen molar-refractivity contribution in [3.63, 3.8) is 0 Å². The monoisotopic (exact) mass is 466 g/mol. The van der Waals surface area contributed by atoms with E-state index >= 15 is 0 Å². The number of imidazole rings is 1. The van der Waals surface area contributed by atoms with Gasteiger partial charge in [-0.1, -0.05) is 73.7 Å². The van der Waals surface area contributed by atoms with E-state index in [4.69, 9.17) is 4.98 Å². The molecule has 1 fully saturated rings.